The van der Waals surface area contributed by atoms with Gasteiger partial charge < -0.3 is 15.5 Å². The number of rotatable bonds is 5. The lowest BCUT2D eigenvalue weighted by atomic mass is 9.80. The normalized spacial score (nSPS) is 23.3. The average Bonchev–Trinajstić information content (AvgIpc) is 3.04. The van der Waals surface area contributed by atoms with E-state index in [2.05, 4.69) is 35.9 Å². The van der Waals surface area contributed by atoms with Crippen LogP contribution in [0.15, 0.2) is 18.2 Å². The minimum absolute atomic E-state index is 0.0107. The molecule has 29 heavy (non-hydrogen) atoms. The summed E-state index contributed by atoms with van der Waals surface area (Å²) >= 11 is 0. The van der Waals surface area contributed by atoms with Gasteiger partial charge in [-0.3, -0.25) is 19.7 Å². The highest BCUT2D eigenvalue weighted by molar-refractivity contribution is 6.05. The molecule has 7 heteroatoms. The van der Waals surface area contributed by atoms with Gasteiger partial charge in [0.2, 0.25) is 11.8 Å². The number of nitrogens with one attached hydrogen (secondary N) is 3. The van der Waals surface area contributed by atoms with Gasteiger partial charge in [-0.1, -0.05) is 12.1 Å². The number of imide groups is 1. The zero-order valence-corrected chi connectivity index (χ0v) is 17.2. The lowest BCUT2D eigenvalue weighted by Gasteiger charge is -2.38. The Bertz CT molecular complexity index is 829. The quantitative estimate of drug-likeness (QED) is 0.651. The van der Waals surface area contributed by atoms with Gasteiger partial charge in [-0.2, -0.15) is 0 Å². The number of piperidine rings is 2. The maximum atomic E-state index is 13.0. The summed E-state index contributed by atoms with van der Waals surface area (Å²) in [6.45, 7) is 7.75. The summed E-state index contributed by atoms with van der Waals surface area (Å²) in [7, 11) is 0. The smallest absolute Gasteiger partial charge is 0.255 e. The molecular formula is C22H30N4O3. The summed E-state index contributed by atoms with van der Waals surface area (Å²) in [4.78, 5) is 38.3. The molecule has 0 spiro atoms. The third kappa shape index (κ3) is 3.94. The van der Waals surface area contributed by atoms with E-state index < -0.39 is 6.04 Å². The Morgan fingerprint density at radius 2 is 1.90 bits per heavy atom. The Balaban J connectivity index is 1.48. The standard InChI is InChI=1S/C22H30N4O3/c1-22(2,15-8-10-23-11-9-15)24-12-14-4-3-5-16-17(14)13-26(21(16)29)18-6-7-19(27)25-20(18)28/h3-5,15,18,23-24H,6-13H2,1-2H3,(H,25,27,28). The van der Waals surface area contributed by atoms with Gasteiger partial charge in [-0.05, 0) is 69.3 Å². The summed E-state index contributed by atoms with van der Waals surface area (Å²) in [5.74, 6) is -0.134. The molecule has 1 unspecified atom stereocenters. The first-order valence-corrected chi connectivity index (χ1v) is 10.6. The number of carbonyl (C=O) groups excluding carboxylic acids is 3. The van der Waals surface area contributed by atoms with E-state index in [1.54, 1.807) is 4.90 Å². The van der Waals surface area contributed by atoms with Crippen LogP contribution in [0.1, 0.15) is 61.0 Å². The second-order valence-corrected chi connectivity index (χ2v) is 8.94. The zero-order valence-electron chi connectivity index (χ0n) is 17.2. The van der Waals surface area contributed by atoms with Crippen molar-refractivity contribution < 1.29 is 14.4 Å². The van der Waals surface area contributed by atoms with Crippen molar-refractivity contribution >= 4 is 17.7 Å². The molecule has 2 fully saturated rings. The molecule has 0 bridgehead atoms. The third-order valence-electron chi connectivity index (χ3n) is 6.77. The highest BCUT2D eigenvalue weighted by Crippen LogP contribution is 2.31. The van der Waals surface area contributed by atoms with Crippen molar-refractivity contribution in [2.24, 2.45) is 5.92 Å². The van der Waals surface area contributed by atoms with E-state index in [4.69, 9.17) is 0 Å². The van der Waals surface area contributed by atoms with Crippen molar-refractivity contribution in [3.05, 3.63) is 34.9 Å². The second-order valence-electron chi connectivity index (χ2n) is 8.94. The van der Waals surface area contributed by atoms with Gasteiger partial charge in [-0.15, -0.1) is 0 Å². The zero-order chi connectivity index (χ0) is 20.6. The molecule has 0 aliphatic carbocycles. The molecule has 3 aliphatic heterocycles. The molecule has 3 N–H and O–H groups in total. The van der Waals surface area contributed by atoms with E-state index >= 15 is 0 Å². The molecule has 0 aromatic heterocycles. The summed E-state index contributed by atoms with van der Waals surface area (Å²) in [5.41, 5.74) is 2.79. The fraction of sp³-hybridized carbons (Fsp3) is 0.591. The van der Waals surface area contributed by atoms with Crippen LogP contribution in [0.4, 0.5) is 0 Å². The molecular weight excluding hydrogens is 368 g/mol. The second kappa shape index (κ2) is 7.88. The van der Waals surface area contributed by atoms with Crippen LogP contribution >= 0.6 is 0 Å². The van der Waals surface area contributed by atoms with Crippen molar-refractivity contribution in [2.45, 2.75) is 64.2 Å². The van der Waals surface area contributed by atoms with Crippen molar-refractivity contribution in [3.63, 3.8) is 0 Å². The molecule has 1 aromatic carbocycles. The molecule has 3 heterocycles. The molecule has 1 atom stereocenters. The van der Waals surface area contributed by atoms with Crippen LogP contribution in [0.25, 0.3) is 0 Å². The molecule has 4 rings (SSSR count). The van der Waals surface area contributed by atoms with Crippen LogP contribution in [0, 0.1) is 5.92 Å². The van der Waals surface area contributed by atoms with Crippen molar-refractivity contribution in [2.75, 3.05) is 13.1 Å². The van der Waals surface area contributed by atoms with Crippen molar-refractivity contribution in [3.8, 4) is 0 Å². The van der Waals surface area contributed by atoms with E-state index in [1.165, 1.54) is 0 Å². The van der Waals surface area contributed by atoms with Crippen LogP contribution in [-0.2, 0) is 22.7 Å². The number of amides is 3. The van der Waals surface area contributed by atoms with E-state index in [1.807, 2.05) is 12.1 Å². The van der Waals surface area contributed by atoms with Crippen LogP contribution < -0.4 is 16.0 Å². The minimum atomic E-state index is -0.570. The topological polar surface area (TPSA) is 90.5 Å². The number of hydrogen-bond acceptors (Lipinski definition) is 5. The molecule has 7 nitrogen and oxygen atoms in total. The third-order valence-corrected chi connectivity index (χ3v) is 6.77. The maximum Gasteiger partial charge on any atom is 0.255 e. The highest BCUT2D eigenvalue weighted by Gasteiger charge is 2.40. The summed E-state index contributed by atoms with van der Waals surface area (Å²) in [5, 5.41) is 9.49. The minimum Gasteiger partial charge on any atom is -0.322 e. The van der Waals surface area contributed by atoms with E-state index in [9.17, 15) is 14.4 Å². The Hall–Kier alpha value is -2.25. The Labute approximate surface area is 171 Å². The largest absolute Gasteiger partial charge is 0.322 e. The fourth-order valence-electron chi connectivity index (χ4n) is 4.83. The first-order chi connectivity index (χ1) is 13.9. The highest BCUT2D eigenvalue weighted by atomic mass is 16.2. The van der Waals surface area contributed by atoms with E-state index in [0.717, 1.165) is 37.1 Å². The molecule has 0 saturated carbocycles. The number of benzene rings is 1. The lowest BCUT2D eigenvalue weighted by molar-refractivity contribution is -0.136. The summed E-state index contributed by atoms with van der Waals surface area (Å²) in [6, 6.07) is 5.25. The molecule has 3 amide bonds. The Kier molecular flexibility index (Phi) is 5.44. The first kappa shape index (κ1) is 20.0. The monoisotopic (exact) mass is 398 g/mol. The van der Waals surface area contributed by atoms with Gasteiger partial charge in [0.15, 0.2) is 0 Å². The Morgan fingerprint density at radius 3 is 2.62 bits per heavy atom. The number of hydrogen-bond donors (Lipinski definition) is 3. The summed E-state index contributed by atoms with van der Waals surface area (Å²) < 4.78 is 0. The van der Waals surface area contributed by atoms with Crippen LogP contribution in [-0.4, -0.2) is 47.3 Å². The fourth-order valence-corrected chi connectivity index (χ4v) is 4.83. The van der Waals surface area contributed by atoms with Crippen molar-refractivity contribution in [1.82, 2.24) is 20.9 Å². The Morgan fingerprint density at radius 1 is 1.14 bits per heavy atom. The van der Waals surface area contributed by atoms with Crippen LogP contribution in [0.2, 0.25) is 0 Å². The first-order valence-electron chi connectivity index (χ1n) is 10.6. The maximum absolute atomic E-state index is 13.0. The number of carbonyl (C=O) groups is 3. The average molecular weight is 399 g/mol. The lowest BCUT2D eigenvalue weighted by Crippen LogP contribution is -2.52. The van der Waals surface area contributed by atoms with Gasteiger partial charge in [0.05, 0.1) is 0 Å². The predicted octanol–water partition coefficient (Wildman–Crippen LogP) is 1.32. The van der Waals surface area contributed by atoms with Crippen LogP contribution in [0.3, 0.4) is 0 Å². The number of nitrogens with zero attached hydrogens (tertiary/aromatic N) is 1. The van der Waals surface area contributed by atoms with Crippen LogP contribution in [0.5, 0.6) is 0 Å². The van der Waals surface area contributed by atoms with Gasteiger partial charge >= 0.3 is 0 Å². The molecule has 0 radical (unpaired) electrons. The number of fused-ring (bicyclic) bond motifs is 1. The summed E-state index contributed by atoms with van der Waals surface area (Å²) in [6.07, 6.45) is 2.99. The molecule has 3 aliphatic rings. The van der Waals surface area contributed by atoms with Crippen molar-refractivity contribution in [1.29, 1.82) is 0 Å². The molecule has 2 saturated heterocycles. The SMILES string of the molecule is CC(C)(NCc1cccc2c1CN(C1CCC(=O)NC1=O)C2=O)C1CCNCC1. The predicted molar refractivity (Wildman–Crippen MR) is 109 cm³/mol. The van der Waals surface area contributed by atoms with E-state index in [-0.39, 0.29) is 29.7 Å². The van der Waals surface area contributed by atoms with Gasteiger partial charge in [-0.25, -0.2) is 0 Å². The molecule has 156 valence electrons. The molecule has 1 aromatic rings. The van der Waals surface area contributed by atoms with Gasteiger partial charge in [0.1, 0.15) is 6.04 Å². The van der Waals surface area contributed by atoms with E-state index in [0.29, 0.717) is 31.0 Å². The van der Waals surface area contributed by atoms with Gasteiger partial charge in [0, 0.05) is 30.6 Å². The van der Waals surface area contributed by atoms with Gasteiger partial charge in [0.25, 0.3) is 5.91 Å².